The molecule has 0 fully saturated rings. The summed E-state index contributed by atoms with van der Waals surface area (Å²) in [7, 11) is 4.56. The fourth-order valence-corrected chi connectivity index (χ4v) is 2.17. The molecule has 1 atom stereocenters. The SMILES string of the molecule is C.C.C.C.C.C.C.C.C=C(CC(C)=O)C(=O)OC(C)C(=O)OCC(COC)(COC)COC.[3H]I. The zero-order chi connectivity index (χ0) is 21.5. The van der Waals surface area contributed by atoms with E-state index in [0.717, 1.165) is 0 Å². The first-order chi connectivity index (χ1) is 12.7. The van der Waals surface area contributed by atoms with E-state index in [1.165, 1.54) is 59.0 Å². The van der Waals surface area contributed by atoms with Crippen molar-refractivity contribution in [1.29, 1.82) is 0.594 Å². The number of rotatable bonds is 13. The molecule has 8 nitrogen and oxygen atoms in total. The molecule has 34 heavy (non-hydrogen) atoms. The van der Waals surface area contributed by atoms with Crippen LogP contribution in [0.15, 0.2) is 12.2 Å². The van der Waals surface area contributed by atoms with Crippen LogP contribution in [0, 0.1) is 5.41 Å². The summed E-state index contributed by atoms with van der Waals surface area (Å²) in [5.41, 5.74) is -0.685. The van der Waals surface area contributed by atoms with Gasteiger partial charge in [-0.2, -0.15) is 0 Å². The van der Waals surface area contributed by atoms with Crippen molar-refractivity contribution in [3.63, 3.8) is 0 Å². The van der Waals surface area contributed by atoms with Crippen molar-refractivity contribution >= 4 is 41.5 Å². The maximum Gasteiger partial charge on any atom is 0.347 e. The fourth-order valence-electron chi connectivity index (χ4n) is 2.17. The van der Waals surface area contributed by atoms with Crippen LogP contribution in [0.25, 0.3) is 0 Å². The molecular weight excluding hydrogens is 555 g/mol. The Bertz CT molecular complexity index is 471. The lowest BCUT2D eigenvalue weighted by atomic mass is 9.92. The predicted molar refractivity (Wildman–Crippen MR) is 158 cm³/mol. The van der Waals surface area contributed by atoms with Gasteiger partial charge in [0.25, 0.3) is 0 Å². The topological polar surface area (TPSA) is 97.4 Å². The molecule has 0 aromatic carbocycles. The van der Waals surface area contributed by atoms with E-state index in [4.69, 9.17) is 24.3 Å². The van der Waals surface area contributed by atoms with E-state index < -0.39 is 23.5 Å². The van der Waals surface area contributed by atoms with Crippen LogP contribution < -0.4 is 0 Å². The molecule has 0 aliphatic carbocycles. The number of hydrogen-bond acceptors (Lipinski definition) is 8. The highest BCUT2D eigenvalue weighted by atomic mass is 127. The van der Waals surface area contributed by atoms with Gasteiger partial charge in [0.15, 0.2) is 6.10 Å². The second kappa shape index (κ2) is 34.1. The molecule has 0 spiro atoms. The van der Waals surface area contributed by atoms with E-state index in [9.17, 15) is 14.4 Å². The van der Waals surface area contributed by atoms with Crippen LogP contribution >= 0.6 is 23.8 Å². The Labute approximate surface area is 231 Å². The van der Waals surface area contributed by atoms with E-state index in [2.05, 4.69) is 6.58 Å². The summed E-state index contributed by atoms with van der Waals surface area (Å²) in [6, 6.07) is 0. The van der Waals surface area contributed by atoms with Crippen molar-refractivity contribution in [3.05, 3.63) is 12.2 Å². The Morgan fingerprint density at radius 2 is 1.18 bits per heavy atom. The standard InChI is InChI=1S/C17H28O8.8CH4.HI/c1-12(7-13(2)18)15(19)25-14(3)16(20)24-11-17(8-21-4,9-22-5)10-23-6;;;;;;;;;/h14H,1,7-11H2,2-6H3;8*1H4;1H/i/hT. The summed E-state index contributed by atoms with van der Waals surface area (Å²) in [6.07, 6.45) is -1.26. The highest BCUT2D eigenvalue weighted by Gasteiger charge is 2.34. The van der Waals surface area contributed by atoms with Gasteiger partial charge in [0.05, 0.1) is 25.2 Å². The molecule has 0 aliphatic rings. The molecule has 0 bridgehead atoms. The van der Waals surface area contributed by atoms with Crippen LogP contribution in [0.2, 0.25) is 0 Å². The lowest BCUT2D eigenvalue weighted by Gasteiger charge is -2.31. The van der Waals surface area contributed by atoms with E-state index >= 15 is 0 Å². The van der Waals surface area contributed by atoms with Crippen molar-refractivity contribution in [2.45, 2.75) is 85.8 Å². The molecule has 0 rings (SSSR count). The van der Waals surface area contributed by atoms with Crippen molar-refractivity contribution in [2.75, 3.05) is 47.8 Å². The molecule has 0 N–H and O–H groups in total. The van der Waals surface area contributed by atoms with E-state index in [0.29, 0.717) is 0 Å². The lowest BCUT2D eigenvalue weighted by molar-refractivity contribution is -0.170. The number of methoxy groups -OCH3 is 3. The summed E-state index contributed by atoms with van der Waals surface area (Å²) in [4.78, 5) is 34.8. The second-order valence-corrected chi connectivity index (χ2v) is 5.94. The van der Waals surface area contributed by atoms with Crippen LogP contribution in [0.5, 0.6) is 0 Å². The number of halogens is 1. The van der Waals surface area contributed by atoms with Gasteiger partial charge in [-0.05, 0) is 13.8 Å². The Balaban J connectivity index is -0.0000000759. The van der Waals surface area contributed by atoms with Crippen molar-refractivity contribution in [1.82, 2.24) is 0 Å². The quantitative estimate of drug-likeness (QED) is 0.129. The molecule has 0 aliphatic heterocycles. The largest absolute Gasteiger partial charge is 0.462 e. The molecule has 0 aromatic rings. The first kappa shape index (κ1) is 58.6. The van der Waals surface area contributed by atoms with Crippen LogP contribution in [0.1, 0.15) is 79.7 Å². The van der Waals surface area contributed by atoms with Crippen LogP contribution in [-0.2, 0) is 38.1 Å². The average Bonchev–Trinajstić information content (AvgIpc) is 2.61. The Morgan fingerprint density at radius 3 is 1.47 bits per heavy atom. The highest BCUT2D eigenvalue weighted by molar-refractivity contribution is 14.0. The maximum absolute atomic E-state index is 12.1. The molecule has 0 saturated heterocycles. The number of carbonyl (C=O) groups is 3. The number of esters is 2. The average molecular weight is 619 g/mol. The van der Waals surface area contributed by atoms with E-state index in [1.54, 1.807) is 0 Å². The van der Waals surface area contributed by atoms with Crippen molar-refractivity contribution in [3.8, 4) is 0 Å². The van der Waals surface area contributed by atoms with Gasteiger partial charge >= 0.3 is 11.9 Å². The van der Waals surface area contributed by atoms with Gasteiger partial charge in [-0.3, -0.25) is 4.79 Å². The molecule has 0 heterocycles. The van der Waals surface area contributed by atoms with E-state index in [1.807, 2.05) is 0 Å². The number of ketones is 1. The Kier molecular flexibility index (Phi) is 58.9. The number of ether oxygens (including phenoxy) is 5. The highest BCUT2D eigenvalue weighted by Crippen LogP contribution is 2.20. The first-order valence-corrected chi connectivity index (χ1v) is 7.73. The van der Waals surface area contributed by atoms with Gasteiger partial charge in [0, 0.05) is 33.3 Å². The number of Topliss-reactive ketones (excluding diaryl/α,β-unsaturated/α-hetero) is 1. The van der Waals surface area contributed by atoms with Gasteiger partial charge < -0.3 is 23.7 Å². The minimum Gasteiger partial charge on any atom is -0.462 e. The Hall–Kier alpha value is -1.04. The smallest absolute Gasteiger partial charge is 0.347 e. The minimum absolute atomic E-state index is 0. The summed E-state index contributed by atoms with van der Waals surface area (Å²) in [5, 5.41) is 0. The molecular formula is C25H61IO8. The lowest BCUT2D eigenvalue weighted by Crippen LogP contribution is -2.42. The van der Waals surface area contributed by atoms with Gasteiger partial charge in [0.1, 0.15) is 13.0 Å². The summed E-state index contributed by atoms with van der Waals surface area (Å²) in [5.74, 6) is -1.76. The van der Waals surface area contributed by atoms with E-state index in [-0.39, 0.29) is 104 Å². The molecule has 216 valence electrons. The van der Waals surface area contributed by atoms with Gasteiger partial charge in [-0.25, -0.2) is 9.59 Å². The Morgan fingerprint density at radius 1 is 0.824 bits per heavy atom. The third kappa shape index (κ3) is 25.6. The second-order valence-electron chi connectivity index (χ2n) is 5.94. The monoisotopic (exact) mass is 618 g/mol. The summed E-state index contributed by atoms with van der Waals surface area (Å²) < 4.78 is 31.4. The molecule has 0 radical (unpaired) electrons. The fraction of sp³-hybridized carbons (Fsp3) is 0.800. The minimum atomic E-state index is -1.14. The number of carbonyl (C=O) groups excluding carboxylic acids is 3. The summed E-state index contributed by atoms with van der Waals surface area (Å²) in [6.45, 7) is 6.92. The van der Waals surface area contributed by atoms with Crippen LogP contribution in [0.3, 0.4) is 0 Å². The normalized spacial score (nSPS) is 9.29. The third-order valence-corrected chi connectivity index (χ3v) is 3.24. The maximum atomic E-state index is 12.1. The van der Waals surface area contributed by atoms with Gasteiger partial charge in [0.2, 0.25) is 0 Å². The number of hydrogen-bond donors (Lipinski definition) is 0. The molecule has 0 amide bonds. The van der Waals surface area contributed by atoms with Crippen molar-refractivity contribution in [2.24, 2.45) is 5.41 Å². The predicted octanol–water partition coefficient (Wildman–Crippen LogP) is 6.63. The summed E-state index contributed by atoms with van der Waals surface area (Å²) >= 11 is 1.40. The zero-order valence-electron chi connectivity index (χ0n) is 17.0. The first-order valence-electron chi connectivity index (χ1n) is 8.10. The van der Waals surface area contributed by atoms with Crippen LogP contribution in [0.4, 0.5) is 0 Å². The molecule has 1 unspecified atom stereocenters. The molecule has 0 saturated carbocycles. The zero-order valence-corrected chi connectivity index (χ0v) is 18.1. The molecule has 9 heteroatoms. The third-order valence-electron chi connectivity index (χ3n) is 3.24. The molecule has 0 aromatic heterocycles. The van der Waals surface area contributed by atoms with Gasteiger partial charge in [-0.15, -0.1) is 23.8 Å². The van der Waals surface area contributed by atoms with Gasteiger partial charge in [-0.1, -0.05) is 66.0 Å². The van der Waals surface area contributed by atoms with Crippen LogP contribution in [-0.4, -0.2) is 72.2 Å². The van der Waals surface area contributed by atoms with Crippen molar-refractivity contribution < 1.29 is 38.1 Å².